The fraction of sp³-hybridized carbons (Fsp3) is 0.364. The number of nitrogens with one attached hydrogen (secondary N) is 1. The number of methoxy groups -OCH3 is 1. The van der Waals surface area contributed by atoms with Gasteiger partial charge in [0.25, 0.3) is 0 Å². The van der Waals surface area contributed by atoms with Crippen LogP contribution in [0.15, 0.2) is 48.5 Å². The molecular weight excluding hydrogens is 358 g/mol. The molecule has 2 aliphatic carbocycles. The van der Waals surface area contributed by atoms with E-state index in [0.717, 1.165) is 18.6 Å². The summed E-state index contributed by atoms with van der Waals surface area (Å²) >= 11 is 0. The van der Waals surface area contributed by atoms with E-state index in [1.807, 2.05) is 24.3 Å². The fourth-order valence-electron chi connectivity index (χ4n) is 4.97. The summed E-state index contributed by atoms with van der Waals surface area (Å²) in [6, 6.07) is 14.5. The van der Waals surface area contributed by atoms with Gasteiger partial charge in [-0.15, -0.1) is 0 Å². The summed E-state index contributed by atoms with van der Waals surface area (Å²) in [5.41, 5.74) is 0.692. The lowest BCUT2D eigenvalue weighted by Gasteiger charge is -2.23. The zero-order valence-electron chi connectivity index (χ0n) is 15.5. The maximum absolute atomic E-state index is 12.8. The van der Waals surface area contributed by atoms with Gasteiger partial charge in [-0.25, -0.2) is 0 Å². The van der Waals surface area contributed by atoms with Gasteiger partial charge in [0.2, 0.25) is 5.91 Å². The largest absolute Gasteiger partial charge is 0.497 e. The van der Waals surface area contributed by atoms with E-state index < -0.39 is 0 Å². The molecule has 3 fully saturated rings. The van der Waals surface area contributed by atoms with Crippen molar-refractivity contribution in [3.8, 4) is 17.2 Å². The first kappa shape index (κ1) is 17.1. The minimum absolute atomic E-state index is 0.0425. The first-order chi connectivity index (χ1) is 13.6. The van der Waals surface area contributed by atoms with E-state index in [1.54, 1.807) is 31.4 Å². The van der Waals surface area contributed by atoms with Crippen LogP contribution in [-0.4, -0.2) is 25.1 Å². The van der Waals surface area contributed by atoms with Crippen molar-refractivity contribution in [2.75, 3.05) is 12.4 Å². The summed E-state index contributed by atoms with van der Waals surface area (Å²) in [6.45, 7) is 0. The van der Waals surface area contributed by atoms with E-state index in [1.165, 1.54) is 0 Å². The van der Waals surface area contributed by atoms with Crippen LogP contribution in [0.3, 0.4) is 0 Å². The molecule has 1 N–H and O–H groups in total. The number of fused-ring (bicyclic) bond motifs is 1. The van der Waals surface area contributed by atoms with Crippen LogP contribution in [0.1, 0.15) is 12.8 Å². The summed E-state index contributed by atoms with van der Waals surface area (Å²) in [5.74, 6) is 1.81. The second-order valence-electron chi connectivity index (χ2n) is 7.71. The molecule has 6 heteroatoms. The predicted octanol–water partition coefficient (Wildman–Crippen LogP) is 3.62. The van der Waals surface area contributed by atoms with Crippen LogP contribution >= 0.6 is 0 Å². The second kappa shape index (κ2) is 6.55. The molecule has 3 aliphatic rings. The molecule has 2 saturated carbocycles. The minimum Gasteiger partial charge on any atom is -0.497 e. The molecule has 144 valence electrons. The number of rotatable bonds is 5. The van der Waals surface area contributed by atoms with Crippen LogP contribution in [0.25, 0.3) is 0 Å². The molecule has 1 amide bonds. The van der Waals surface area contributed by atoms with Gasteiger partial charge in [-0.1, -0.05) is 0 Å². The van der Waals surface area contributed by atoms with Gasteiger partial charge in [-0.3, -0.25) is 9.59 Å². The third-order valence-electron chi connectivity index (χ3n) is 6.20. The SMILES string of the molecule is COc1ccc(Oc2ccc(NC(=O)[C@@H]3[C@H]4C[C@@H]5[C@@H]3C(=O)O[C@@H]5C4)cc2)cc1. The van der Waals surface area contributed by atoms with Crippen molar-refractivity contribution >= 4 is 17.6 Å². The molecule has 2 aromatic rings. The van der Waals surface area contributed by atoms with Gasteiger partial charge in [-0.05, 0) is 67.3 Å². The van der Waals surface area contributed by atoms with Gasteiger partial charge in [-0.2, -0.15) is 0 Å². The Morgan fingerprint density at radius 2 is 1.64 bits per heavy atom. The highest BCUT2D eigenvalue weighted by Crippen LogP contribution is 2.57. The molecule has 0 radical (unpaired) electrons. The quantitative estimate of drug-likeness (QED) is 0.803. The average molecular weight is 379 g/mol. The van der Waals surface area contributed by atoms with Crippen LogP contribution in [0.5, 0.6) is 17.2 Å². The molecular formula is C22H21NO5. The van der Waals surface area contributed by atoms with Gasteiger partial charge in [0, 0.05) is 11.6 Å². The van der Waals surface area contributed by atoms with Crippen LogP contribution in [0, 0.1) is 23.7 Å². The Morgan fingerprint density at radius 3 is 2.32 bits per heavy atom. The van der Waals surface area contributed by atoms with Crippen molar-refractivity contribution in [3.05, 3.63) is 48.5 Å². The second-order valence-corrected chi connectivity index (χ2v) is 7.71. The van der Waals surface area contributed by atoms with E-state index in [9.17, 15) is 9.59 Å². The number of ether oxygens (including phenoxy) is 3. The molecule has 0 aromatic heterocycles. The van der Waals surface area contributed by atoms with E-state index in [-0.39, 0.29) is 41.7 Å². The Bertz CT molecular complexity index is 906. The van der Waals surface area contributed by atoms with E-state index in [0.29, 0.717) is 17.2 Å². The minimum atomic E-state index is -0.272. The zero-order chi connectivity index (χ0) is 19.3. The number of benzene rings is 2. The molecule has 2 bridgehead atoms. The van der Waals surface area contributed by atoms with Gasteiger partial charge in [0.1, 0.15) is 23.4 Å². The van der Waals surface area contributed by atoms with Crippen LogP contribution in [-0.2, 0) is 14.3 Å². The Labute approximate surface area is 162 Å². The molecule has 5 rings (SSSR count). The topological polar surface area (TPSA) is 73.9 Å². The third kappa shape index (κ3) is 2.80. The van der Waals surface area contributed by atoms with Crippen molar-refractivity contribution in [1.82, 2.24) is 0 Å². The Balaban J connectivity index is 1.24. The van der Waals surface area contributed by atoms with Crippen LogP contribution in [0.4, 0.5) is 5.69 Å². The van der Waals surface area contributed by atoms with Crippen molar-refractivity contribution in [3.63, 3.8) is 0 Å². The average Bonchev–Trinajstić information content (AvgIpc) is 3.33. The van der Waals surface area contributed by atoms with Crippen molar-refractivity contribution in [1.29, 1.82) is 0 Å². The van der Waals surface area contributed by atoms with Gasteiger partial charge < -0.3 is 19.5 Å². The van der Waals surface area contributed by atoms with E-state index in [4.69, 9.17) is 14.2 Å². The van der Waals surface area contributed by atoms with Crippen molar-refractivity contribution in [2.24, 2.45) is 23.7 Å². The zero-order valence-corrected chi connectivity index (χ0v) is 15.5. The maximum Gasteiger partial charge on any atom is 0.310 e. The summed E-state index contributed by atoms with van der Waals surface area (Å²) in [7, 11) is 1.62. The third-order valence-corrected chi connectivity index (χ3v) is 6.20. The number of esters is 1. The molecule has 0 unspecified atom stereocenters. The van der Waals surface area contributed by atoms with Gasteiger partial charge in [0.15, 0.2) is 0 Å². The first-order valence-electron chi connectivity index (χ1n) is 9.56. The monoisotopic (exact) mass is 379 g/mol. The highest BCUT2D eigenvalue weighted by Gasteiger charge is 2.63. The summed E-state index contributed by atoms with van der Waals surface area (Å²) in [6.07, 6.45) is 1.79. The lowest BCUT2D eigenvalue weighted by atomic mass is 9.79. The highest BCUT2D eigenvalue weighted by atomic mass is 16.6. The first-order valence-corrected chi connectivity index (χ1v) is 9.56. The van der Waals surface area contributed by atoms with E-state index >= 15 is 0 Å². The molecule has 28 heavy (non-hydrogen) atoms. The Kier molecular flexibility index (Phi) is 4.00. The Morgan fingerprint density at radius 1 is 1.00 bits per heavy atom. The molecule has 0 spiro atoms. The molecule has 1 aliphatic heterocycles. The van der Waals surface area contributed by atoms with Crippen LogP contribution < -0.4 is 14.8 Å². The maximum atomic E-state index is 12.8. The molecule has 2 aromatic carbocycles. The summed E-state index contributed by atoms with van der Waals surface area (Å²) in [4.78, 5) is 24.9. The highest BCUT2D eigenvalue weighted by molar-refractivity contribution is 5.97. The standard InChI is InChI=1S/C22H21NO5/c1-26-14-6-8-16(9-7-14)27-15-4-2-13(3-5-15)23-21(24)19-12-10-17-18(11-12)28-22(25)20(17)19/h2-9,12,17-20H,10-11H2,1H3,(H,23,24)/t12-,17-,18+,19+,20-/m0/s1. The smallest absolute Gasteiger partial charge is 0.310 e. The predicted molar refractivity (Wildman–Crippen MR) is 101 cm³/mol. The number of amides is 1. The number of hydrogen-bond donors (Lipinski definition) is 1. The molecule has 6 nitrogen and oxygen atoms in total. The van der Waals surface area contributed by atoms with Crippen molar-refractivity contribution in [2.45, 2.75) is 18.9 Å². The fourth-order valence-corrected chi connectivity index (χ4v) is 4.97. The Hall–Kier alpha value is -3.02. The lowest BCUT2D eigenvalue weighted by Crippen LogP contribution is -2.35. The molecule has 1 heterocycles. The lowest BCUT2D eigenvalue weighted by molar-refractivity contribution is -0.145. The van der Waals surface area contributed by atoms with E-state index in [2.05, 4.69) is 5.32 Å². The number of carbonyl (C=O) groups is 2. The number of hydrogen-bond acceptors (Lipinski definition) is 5. The van der Waals surface area contributed by atoms with Gasteiger partial charge in [0.05, 0.1) is 18.9 Å². The van der Waals surface area contributed by atoms with Crippen molar-refractivity contribution < 1.29 is 23.8 Å². The van der Waals surface area contributed by atoms with Crippen LogP contribution in [0.2, 0.25) is 0 Å². The molecule has 5 atom stereocenters. The summed E-state index contributed by atoms with van der Waals surface area (Å²) < 4.78 is 16.3. The van der Waals surface area contributed by atoms with Gasteiger partial charge >= 0.3 is 5.97 Å². The molecule has 1 saturated heterocycles. The number of anilines is 1. The normalized spacial score (nSPS) is 29.5. The number of carbonyl (C=O) groups excluding carboxylic acids is 2. The summed E-state index contributed by atoms with van der Waals surface area (Å²) in [5, 5.41) is 2.96.